The van der Waals surface area contributed by atoms with Crippen LogP contribution in [-0.4, -0.2) is 22.8 Å². The number of carbonyl (C=O) groups is 1. The minimum atomic E-state index is -0.440. The molecule has 0 aliphatic heterocycles. The van der Waals surface area contributed by atoms with Crippen molar-refractivity contribution < 1.29 is 19.7 Å². The highest BCUT2D eigenvalue weighted by molar-refractivity contribution is 5.93. The Hall–Kier alpha value is -1.97. The number of ether oxygens (including phenoxy) is 1. The van der Waals surface area contributed by atoms with Crippen LogP contribution in [0.3, 0.4) is 0 Å². The summed E-state index contributed by atoms with van der Waals surface area (Å²) in [5, 5.41) is 18.8. The molecule has 0 atom stereocenters. The van der Waals surface area contributed by atoms with Crippen molar-refractivity contribution >= 4 is 12.0 Å². The van der Waals surface area contributed by atoms with Gasteiger partial charge in [-0.1, -0.05) is 12.1 Å². The van der Waals surface area contributed by atoms with Crippen LogP contribution in [-0.2, 0) is 9.53 Å². The number of hydrogen-bond donors (Lipinski definition) is 2. The maximum Gasteiger partial charge on any atom is 0.333 e. The number of para-hydroxylation sites is 1. The summed E-state index contributed by atoms with van der Waals surface area (Å²) in [7, 11) is 0. The zero-order valence-corrected chi connectivity index (χ0v) is 9.23. The van der Waals surface area contributed by atoms with E-state index in [0.717, 1.165) is 0 Å². The molecule has 1 aromatic carbocycles. The summed E-state index contributed by atoms with van der Waals surface area (Å²) in [5.41, 5.74) is 0.744. The van der Waals surface area contributed by atoms with Gasteiger partial charge in [-0.05, 0) is 26.0 Å². The molecule has 0 unspecified atom stereocenters. The minimum absolute atomic E-state index is 0.217. The van der Waals surface area contributed by atoms with E-state index < -0.39 is 5.97 Å². The van der Waals surface area contributed by atoms with E-state index in [2.05, 4.69) is 0 Å². The maximum atomic E-state index is 11.3. The predicted octanol–water partition coefficient (Wildman–Crippen LogP) is 2.06. The van der Waals surface area contributed by atoms with E-state index in [1.807, 2.05) is 0 Å². The highest BCUT2D eigenvalue weighted by atomic mass is 16.5. The van der Waals surface area contributed by atoms with Crippen molar-refractivity contribution in [3.8, 4) is 11.5 Å². The average Bonchev–Trinajstić information content (AvgIpc) is 2.25. The molecule has 0 aliphatic carbocycles. The standard InChI is InChI=1S/C12H14O4/c1-3-16-12(15)8(2)7-9-5-4-6-10(13)11(9)14/h4-7,13-14H,3H2,1-2H3. The first kappa shape index (κ1) is 12.1. The molecule has 0 bridgehead atoms. The van der Waals surface area contributed by atoms with E-state index >= 15 is 0 Å². The number of rotatable bonds is 3. The van der Waals surface area contributed by atoms with Crippen LogP contribution in [0.1, 0.15) is 19.4 Å². The first-order valence-electron chi connectivity index (χ1n) is 4.92. The van der Waals surface area contributed by atoms with Gasteiger partial charge in [0.15, 0.2) is 11.5 Å². The second-order valence-electron chi connectivity index (χ2n) is 3.26. The summed E-state index contributed by atoms with van der Waals surface area (Å²) < 4.78 is 4.79. The zero-order valence-electron chi connectivity index (χ0n) is 9.23. The van der Waals surface area contributed by atoms with Crippen LogP contribution in [0.25, 0.3) is 6.08 Å². The number of carbonyl (C=O) groups excluding carboxylic acids is 1. The minimum Gasteiger partial charge on any atom is -0.504 e. The van der Waals surface area contributed by atoms with E-state index in [4.69, 9.17) is 4.74 Å². The number of benzene rings is 1. The van der Waals surface area contributed by atoms with Crippen molar-refractivity contribution in [2.24, 2.45) is 0 Å². The summed E-state index contributed by atoms with van der Waals surface area (Å²) in [6.45, 7) is 3.61. The molecule has 4 nitrogen and oxygen atoms in total. The molecule has 0 heterocycles. The number of phenolic OH excluding ortho intramolecular Hbond substituents is 2. The lowest BCUT2D eigenvalue weighted by molar-refractivity contribution is -0.138. The Morgan fingerprint density at radius 3 is 2.75 bits per heavy atom. The molecule has 0 aromatic heterocycles. The first-order valence-corrected chi connectivity index (χ1v) is 4.92. The predicted molar refractivity (Wildman–Crippen MR) is 60.1 cm³/mol. The maximum absolute atomic E-state index is 11.3. The monoisotopic (exact) mass is 222 g/mol. The van der Waals surface area contributed by atoms with Crippen molar-refractivity contribution in [2.75, 3.05) is 6.61 Å². The van der Waals surface area contributed by atoms with Crippen LogP contribution in [0.15, 0.2) is 23.8 Å². The normalized spacial score (nSPS) is 11.2. The van der Waals surface area contributed by atoms with E-state index in [-0.39, 0.29) is 11.5 Å². The molecule has 0 radical (unpaired) electrons. The zero-order chi connectivity index (χ0) is 12.1. The molecular formula is C12H14O4. The Morgan fingerprint density at radius 1 is 1.44 bits per heavy atom. The van der Waals surface area contributed by atoms with Gasteiger partial charge in [-0.15, -0.1) is 0 Å². The number of hydrogen-bond acceptors (Lipinski definition) is 4. The van der Waals surface area contributed by atoms with Gasteiger partial charge in [-0.3, -0.25) is 0 Å². The summed E-state index contributed by atoms with van der Waals surface area (Å²) >= 11 is 0. The van der Waals surface area contributed by atoms with E-state index in [0.29, 0.717) is 17.7 Å². The third kappa shape index (κ3) is 2.76. The quantitative estimate of drug-likeness (QED) is 0.466. The Balaban J connectivity index is 2.98. The molecule has 0 spiro atoms. The van der Waals surface area contributed by atoms with Crippen molar-refractivity contribution in [3.05, 3.63) is 29.3 Å². The molecule has 4 heteroatoms. The van der Waals surface area contributed by atoms with Crippen molar-refractivity contribution in [3.63, 3.8) is 0 Å². The Kier molecular flexibility index (Phi) is 3.94. The van der Waals surface area contributed by atoms with Gasteiger partial charge >= 0.3 is 5.97 Å². The molecule has 0 saturated carbocycles. The molecular weight excluding hydrogens is 208 g/mol. The fourth-order valence-electron chi connectivity index (χ4n) is 1.20. The average molecular weight is 222 g/mol. The molecule has 16 heavy (non-hydrogen) atoms. The largest absolute Gasteiger partial charge is 0.504 e. The van der Waals surface area contributed by atoms with Crippen LogP contribution in [0.5, 0.6) is 11.5 Å². The van der Waals surface area contributed by atoms with Crippen LogP contribution in [0, 0.1) is 0 Å². The van der Waals surface area contributed by atoms with Gasteiger partial charge in [0.05, 0.1) is 6.61 Å². The fourth-order valence-corrected chi connectivity index (χ4v) is 1.20. The van der Waals surface area contributed by atoms with E-state index in [1.165, 1.54) is 12.1 Å². The van der Waals surface area contributed by atoms with Crippen LogP contribution in [0.4, 0.5) is 0 Å². The lowest BCUT2D eigenvalue weighted by Crippen LogP contribution is -2.04. The Labute approximate surface area is 93.8 Å². The SMILES string of the molecule is CCOC(=O)C(C)=Cc1cccc(O)c1O. The fraction of sp³-hybridized carbons (Fsp3) is 0.250. The van der Waals surface area contributed by atoms with Gasteiger partial charge in [-0.25, -0.2) is 4.79 Å². The molecule has 0 fully saturated rings. The van der Waals surface area contributed by atoms with Crippen molar-refractivity contribution in [1.29, 1.82) is 0 Å². The molecule has 1 aromatic rings. The van der Waals surface area contributed by atoms with Gasteiger partial charge in [0.25, 0.3) is 0 Å². The highest BCUT2D eigenvalue weighted by Gasteiger charge is 2.08. The third-order valence-electron chi connectivity index (χ3n) is 2.02. The lowest BCUT2D eigenvalue weighted by atomic mass is 10.1. The molecule has 86 valence electrons. The second-order valence-corrected chi connectivity index (χ2v) is 3.26. The summed E-state index contributed by atoms with van der Waals surface area (Å²) in [6, 6.07) is 4.55. The van der Waals surface area contributed by atoms with Crippen LogP contribution < -0.4 is 0 Å². The van der Waals surface area contributed by atoms with Gasteiger partial charge in [0.1, 0.15) is 0 Å². The Morgan fingerprint density at radius 2 is 2.12 bits per heavy atom. The van der Waals surface area contributed by atoms with Crippen LogP contribution >= 0.6 is 0 Å². The lowest BCUT2D eigenvalue weighted by Gasteiger charge is -2.04. The number of aromatic hydroxyl groups is 2. The third-order valence-corrected chi connectivity index (χ3v) is 2.02. The number of esters is 1. The van der Waals surface area contributed by atoms with E-state index in [1.54, 1.807) is 26.0 Å². The molecule has 1 rings (SSSR count). The molecule has 0 saturated heterocycles. The summed E-state index contributed by atoms with van der Waals surface area (Å²) in [5.74, 6) is -0.901. The smallest absolute Gasteiger partial charge is 0.333 e. The van der Waals surface area contributed by atoms with Gasteiger partial charge in [0, 0.05) is 11.1 Å². The number of phenols is 2. The summed E-state index contributed by atoms with van der Waals surface area (Å²) in [6.07, 6.45) is 1.47. The highest BCUT2D eigenvalue weighted by Crippen LogP contribution is 2.29. The van der Waals surface area contributed by atoms with Gasteiger partial charge in [0.2, 0.25) is 0 Å². The van der Waals surface area contributed by atoms with E-state index in [9.17, 15) is 15.0 Å². The molecule has 2 N–H and O–H groups in total. The van der Waals surface area contributed by atoms with Crippen LogP contribution in [0.2, 0.25) is 0 Å². The summed E-state index contributed by atoms with van der Waals surface area (Å²) in [4.78, 5) is 11.3. The first-order chi connectivity index (χ1) is 7.56. The molecule has 0 aliphatic rings. The topological polar surface area (TPSA) is 66.8 Å². The second kappa shape index (κ2) is 5.21. The van der Waals surface area contributed by atoms with Gasteiger partial charge < -0.3 is 14.9 Å². The Bertz CT molecular complexity index is 421. The van der Waals surface area contributed by atoms with Crippen molar-refractivity contribution in [1.82, 2.24) is 0 Å². The van der Waals surface area contributed by atoms with Gasteiger partial charge in [-0.2, -0.15) is 0 Å². The molecule has 0 amide bonds. The van der Waals surface area contributed by atoms with Crippen molar-refractivity contribution in [2.45, 2.75) is 13.8 Å².